The van der Waals surface area contributed by atoms with Crippen molar-refractivity contribution in [1.29, 1.82) is 0 Å². The number of likely N-dealkylation sites (tertiary alicyclic amines) is 1. The van der Waals surface area contributed by atoms with E-state index in [1.54, 1.807) is 31.3 Å². The van der Waals surface area contributed by atoms with Gasteiger partial charge in [0, 0.05) is 7.05 Å². The van der Waals surface area contributed by atoms with Crippen LogP contribution in [0.25, 0.3) is 0 Å². The molecule has 0 bridgehead atoms. The second-order valence-electron chi connectivity index (χ2n) is 10.0. The molecule has 5 rings (SSSR count). The lowest BCUT2D eigenvalue weighted by Crippen LogP contribution is -2.74. The number of thioether (sulfide) groups is 1. The Morgan fingerprint density at radius 2 is 1.56 bits per heavy atom. The number of benzene rings is 3. The zero-order valence-corrected chi connectivity index (χ0v) is 25.6. The summed E-state index contributed by atoms with van der Waals surface area (Å²) in [6, 6.07) is 26.0. The topological polar surface area (TPSA) is 146 Å². The van der Waals surface area contributed by atoms with Crippen molar-refractivity contribution in [2.75, 3.05) is 12.4 Å². The Morgan fingerprint density at radius 1 is 0.956 bits per heavy atom. The molecule has 3 unspecified atom stereocenters. The highest BCUT2D eigenvalue weighted by atomic mass is 35.5. The summed E-state index contributed by atoms with van der Waals surface area (Å²) in [5, 5.41) is 14.2. The number of carbonyl (C=O) groups is 4. The number of ketones is 1. The van der Waals surface area contributed by atoms with Gasteiger partial charge in [0.2, 0.25) is 16.6 Å². The lowest BCUT2D eigenvalue weighted by molar-refractivity contribution is -0.194. The van der Waals surface area contributed by atoms with Gasteiger partial charge >= 0.3 is 5.97 Å². The van der Waals surface area contributed by atoms with Gasteiger partial charge in [-0.15, -0.1) is 5.10 Å². The van der Waals surface area contributed by atoms with E-state index in [2.05, 4.69) is 20.8 Å². The number of ether oxygens (including phenoxy) is 2. The summed E-state index contributed by atoms with van der Waals surface area (Å²) in [5.41, 5.74) is 0.550. The van der Waals surface area contributed by atoms with Gasteiger partial charge in [0.1, 0.15) is 6.61 Å². The van der Waals surface area contributed by atoms with Gasteiger partial charge in [-0.1, -0.05) is 114 Å². The first-order chi connectivity index (χ1) is 21.8. The fraction of sp³-hybridized carbons (Fsp3) is 0.258. The van der Waals surface area contributed by atoms with Gasteiger partial charge in [-0.3, -0.25) is 19.3 Å². The second kappa shape index (κ2) is 14.9. The van der Waals surface area contributed by atoms with E-state index in [-0.39, 0.29) is 18.0 Å². The van der Waals surface area contributed by atoms with Gasteiger partial charge in [-0.2, -0.15) is 0 Å². The summed E-state index contributed by atoms with van der Waals surface area (Å²) in [4.78, 5) is 53.2. The fourth-order valence-electron chi connectivity index (χ4n) is 4.62. The number of alkyl halides is 1. The molecule has 232 valence electrons. The number of nitrogens with one attached hydrogen (secondary N) is 1. The first kappa shape index (κ1) is 31.8. The Morgan fingerprint density at radius 3 is 2.13 bits per heavy atom. The maximum Gasteiger partial charge on any atom is 0.345 e. The van der Waals surface area contributed by atoms with E-state index in [0.29, 0.717) is 16.3 Å². The van der Waals surface area contributed by atoms with E-state index < -0.39 is 48.3 Å². The number of rotatable bonds is 14. The van der Waals surface area contributed by atoms with Crippen LogP contribution in [0, 0.1) is 0 Å². The van der Waals surface area contributed by atoms with Gasteiger partial charge in [0.25, 0.3) is 5.91 Å². The molecular formula is C31H29ClN6O6S. The highest BCUT2D eigenvalue weighted by molar-refractivity contribution is 7.99. The average Bonchev–Trinajstić information content (AvgIpc) is 3.48. The van der Waals surface area contributed by atoms with E-state index in [0.717, 1.165) is 22.2 Å². The number of esters is 1. The highest BCUT2D eigenvalue weighted by Crippen LogP contribution is 2.31. The number of tetrazole rings is 1. The molecule has 12 nitrogen and oxygen atoms in total. The molecule has 3 atom stereocenters. The summed E-state index contributed by atoms with van der Waals surface area (Å²) in [5.74, 6) is -2.34. The SMILES string of the molecule is Cn1nnnc1SCC(=O)COC1C(NC(=O)Cc2ccccc2)C(=O)N1C(Cl)C(=O)OC(c1ccccc1)c1ccccc1. The normalized spacial score (nSPS) is 16.6. The smallest absolute Gasteiger partial charge is 0.345 e. The van der Waals surface area contributed by atoms with Gasteiger partial charge in [0.05, 0.1) is 12.2 Å². The fourth-order valence-corrected chi connectivity index (χ4v) is 5.57. The molecule has 0 saturated carbocycles. The van der Waals surface area contributed by atoms with Crippen molar-refractivity contribution >= 4 is 46.9 Å². The number of halogens is 1. The third-order valence-electron chi connectivity index (χ3n) is 6.84. The molecular weight excluding hydrogens is 620 g/mol. The number of amides is 2. The van der Waals surface area contributed by atoms with Crippen LogP contribution in [-0.2, 0) is 42.1 Å². The number of hydrogen-bond acceptors (Lipinski definition) is 10. The maximum atomic E-state index is 13.4. The van der Waals surface area contributed by atoms with Crippen molar-refractivity contribution in [3.8, 4) is 0 Å². The Hall–Kier alpha value is -4.59. The Labute approximate surface area is 268 Å². The van der Waals surface area contributed by atoms with Crippen molar-refractivity contribution in [2.24, 2.45) is 7.05 Å². The van der Waals surface area contributed by atoms with E-state index in [1.807, 2.05) is 66.7 Å². The van der Waals surface area contributed by atoms with Crippen LogP contribution in [-0.4, -0.2) is 78.8 Å². The summed E-state index contributed by atoms with van der Waals surface area (Å²) >= 11 is 7.67. The lowest BCUT2D eigenvalue weighted by atomic mass is 10.0. The van der Waals surface area contributed by atoms with Crippen molar-refractivity contribution in [3.05, 3.63) is 108 Å². The standard InChI is InChI=1S/C31H29ClN6O6S/c1-37-31(34-35-36-37)45-19-23(39)18-43-29-25(33-24(40)17-20-11-5-2-6-12-20)28(41)38(29)27(32)30(42)44-26(21-13-7-3-8-14-21)22-15-9-4-10-16-22/h2-16,25-27,29H,17-19H2,1H3,(H,33,40). The molecule has 2 amide bonds. The average molecular weight is 649 g/mol. The Balaban J connectivity index is 1.29. The first-order valence-corrected chi connectivity index (χ1v) is 15.3. The first-order valence-electron chi connectivity index (χ1n) is 13.9. The quantitative estimate of drug-likeness (QED) is 0.0712. The summed E-state index contributed by atoms with van der Waals surface area (Å²) in [7, 11) is 1.64. The zero-order valence-electron chi connectivity index (χ0n) is 24.1. The summed E-state index contributed by atoms with van der Waals surface area (Å²) < 4.78 is 13.1. The van der Waals surface area contributed by atoms with Crippen LogP contribution in [0.2, 0.25) is 0 Å². The number of aryl methyl sites for hydroxylation is 1. The number of nitrogens with zero attached hydrogens (tertiary/aromatic N) is 5. The monoisotopic (exact) mass is 648 g/mol. The molecule has 45 heavy (non-hydrogen) atoms. The molecule has 1 aliphatic rings. The number of aromatic nitrogens is 4. The van der Waals surface area contributed by atoms with E-state index in [1.165, 1.54) is 4.68 Å². The van der Waals surface area contributed by atoms with Crippen molar-refractivity contribution in [2.45, 2.75) is 35.5 Å². The number of carbonyl (C=O) groups excluding carboxylic acids is 4. The van der Waals surface area contributed by atoms with Crippen LogP contribution in [0.4, 0.5) is 0 Å². The number of β-lactam (4-membered cyclic amide) rings is 1. The van der Waals surface area contributed by atoms with E-state index in [9.17, 15) is 19.2 Å². The number of hydrogen-bond donors (Lipinski definition) is 1. The third-order valence-corrected chi connectivity index (χ3v) is 8.30. The number of Topliss-reactive ketones (excluding diaryl/α,β-unsaturated/α-hetero) is 1. The highest BCUT2D eigenvalue weighted by Gasteiger charge is 2.54. The van der Waals surface area contributed by atoms with Crippen molar-refractivity contribution < 1.29 is 28.7 Å². The van der Waals surface area contributed by atoms with Crippen LogP contribution >= 0.6 is 23.4 Å². The van der Waals surface area contributed by atoms with Gasteiger partial charge in [-0.05, 0) is 27.1 Å². The molecule has 2 heterocycles. The van der Waals surface area contributed by atoms with Crippen LogP contribution in [0.3, 0.4) is 0 Å². The third kappa shape index (κ3) is 7.93. The molecule has 1 saturated heterocycles. The van der Waals surface area contributed by atoms with Crippen LogP contribution in [0.15, 0.2) is 96.2 Å². The van der Waals surface area contributed by atoms with E-state index in [4.69, 9.17) is 21.1 Å². The van der Waals surface area contributed by atoms with Gasteiger partial charge in [-0.25, -0.2) is 9.48 Å². The molecule has 1 N–H and O–H groups in total. The largest absolute Gasteiger partial charge is 0.450 e. The molecule has 0 spiro atoms. The molecule has 0 aliphatic carbocycles. The minimum atomic E-state index is -1.60. The molecule has 3 aromatic carbocycles. The maximum absolute atomic E-state index is 13.4. The van der Waals surface area contributed by atoms with Gasteiger partial charge < -0.3 is 14.8 Å². The zero-order chi connectivity index (χ0) is 31.8. The molecule has 14 heteroatoms. The van der Waals surface area contributed by atoms with Crippen LogP contribution < -0.4 is 5.32 Å². The molecule has 0 radical (unpaired) electrons. The van der Waals surface area contributed by atoms with E-state index >= 15 is 0 Å². The minimum absolute atomic E-state index is 0.0118. The summed E-state index contributed by atoms with van der Waals surface area (Å²) in [6.07, 6.45) is -1.99. The lowest BCUT2D eigenvalue weighted by Gasteiger charge is -2.47. The predicted octanol–water partition coefficient (Wildman–Crippen LogP) is 2.68. The predicted molar refractivity (Wildman–Crippen MR) is 164 cm³/mol. The Kier molecular flexibility index (Phi) is 10.6. The molecule has 1 fully saturated rings. The van der Waals surface area contributed by atoms with Gasteiger partial charge in [0.15, 0.2) is 24.2 Å². The second-order valence-corrected chi connectivity index (χ2v) is 11.4. The summed E-state index contributed by atoms with van der Waals surface area (Å²) in [6.45, 7) is -0.424. The Bertz CT molecular complexity index is 1590. The minimum Gasteiger partial charge on any atom is -0.450 e. The molecule has 1 aromatic heterocycles. The van der Waals surface area contributed by atoms with Crippen LogP contribution in [0.5, 0.6) is 0 Å². The molecule has 4 aromatic rings. The van der Waals surface area contributed by atoms with Crippen LogP contribution in [0.1, 0.15) is 22.8 Å². The van der Waals surface area contributed by atoms with Crippen molar-refractivity contribution in [3.63, 3.8) is 0 Å². The molecule has 1 aliphatic heterocycles. The van der Waals surface area contributed by atoms with Crippen molar-refractivity contribution in [1.82, 2.24) is 30.4 Å².